The molecule has 82 valence electrons. The molecular formula is C9H18N2O3. The van der Waals surface area contributed by atoms with Gasteiger partial charge in [-0.15, -0.1) is 0 Å². The number of hydrogen-bond acceptors (Lipinski definition) is 3. The Morgan fingerprint density at radius 3 is 2.21 bits per heavy atom. The summed E-state index contributed by atoms with van der Waals surface area (Å²) in [5, 5.41) is 1.04. The SMILES string of the molecule is CCC(=O)NN(C)C(=O)OC(C)(C)C. The van der Waals surface area contributed by atoms with Gasteiger partial charge in [0.05, 0.1) is 0 Å². The highest BCUT2D eigenvalue weighted by Crippen LogP contribution is 2.07. The first kappa shape index (κ1) is 12.7. The number of carbonyl (C=O) groups is 2. The van der Waals surface area contributed by atoms with Crippen LogP contribution >= 0.6 is 0 Å². The van der Waals surface area contributed by atoms with E-state index in [1.165, 1.54) is 7.05 Å². The van der Waals surface area contributed by atoms with Crippen molar-refractivity contribution in [3.8, 4) is 0 Å². The molecule has 5 heteroatoms. The third kappa shape index (κ3) is 5.40. The van der Waals surface area contributed by atoms with E-state index in [4.69, 9.17) is 4.74 Å². The first-order chi connectivity index (χ1) is 6.26. The van der Waals surface area contributed by atoms with Gasteiger partial charge in [-0.05, 0) is 20.8 Å². The molecule has 0 atom stereocenters. The molecule has 0 saturated heterocycles. The number of nitrogens with one attached hydrogen (secondary N) is 1. The Bertz CT molecular complexity index is 221. The fourth-order valence-corrected chi connectivity index (χ4v) is 0.642. The molecule has 0 unspecified atom stereocenters. The van der Waals surface area contributed by atoms with Gasteiger partial charge in [0.2, 0.25) is 5.91 Å². The highest BCUT2D eigenvalue weighted by molar-refractivity contribution is 5.78. The lowest BCUT2D eigenvalue weighted by Crippen LogP contribution is -2.45. The van der Waals surface area contributed by atoms with Crippen LogP contribution in [-0.2, 0) is 9.53 Å². The zero-order valence-corrected chi connectivity index (χ0v) is 9.38. The summed E-state index contributed by atoms with van der Waals surface area (Å²) >= 11 is 0. The number of hydrogen-bond donors (Lipinski definition) is 1. The van der Waals surface area contributed by atoms with Crippen molar-refractivity contribution in [2.24, 2.45) is 0 Å². The van der Waals surface area contributed by atoms with Crippen LogP contribution < -0.4 is 5.43 Å². The number of hydrazine groups is 1. The van der Waals surface area contributed by atoms with Crippen LogP contribution in [0.1, 0.15) is 34.1 Å². The zero-order chi connectivity index (χ0) is 11.4. The van der Waals surface area contributed by atoms with Crippen LogP contribution in [0.3, 0.4) is 0 Å². The molecule has 0 aromatic rings. The van der Waals surface area contributed by atoms with Crippen LogP contribution in [0.4, 0.5) is 4.79 Å². The molecule has 14 heavy (non-hydrogen) atoms. The monoisotopic (exact) mass is 202 g/mol. The summed E-state index contributed by atoms with van der Waals surface area (Å²) < 4.78 is 5.02. The van der Waals surface area contributed by atoms with Gasteiger partial charge >= 0.3 is 6.09 Å². The Morgan fingerprint density at radius 1 is 1.36 bits per heavy atom. The summed E-state index contributed by atoms with van der Waals surface area (Å²) in [6.45, 7) is 7.00. The van der Waals surface area contributed by atoms with E-state index in [1.807, 2.05) is 0 Å². The summed E-state index contributed by atoms with van der Waals surface area (Å²) in [6.07, 6.45) is -0.244. The normalized spacial score (nSPS) is 10.6. The average Bonchev–Trinajstić information content (AvgIpc) is 2.00. The summed E-state index contributed by atoms with van der Waals surface area (Å²) in [4.78, 5) is 22.2. The van der Waals surface area contributed by atoms with Crippen molar-refractivity contribution < 1.29 is 14.3 Å². The molecule has 0 radical (unpaired) electrons. The van der Waals surface area contributed by atoms with Crippen LogP contribution in [0.5, 0.6) is 0 Å². The second-order valence-corrected chi connectivity index (χ2v) is 3.93. The van der Waals surface area contributed by atoms with Crippen molar-refractivity contribution in [1.29, 1.82) is 0 Å². The third-order valence-electron chi connectivity index (χ3n) is 1.28. The van der Waals surface area contributed by atoms with Gasteiger partial charge < -0.3 is 4.74 Å². The molecule has 0 heterocycles. The predicted molar refractivity (Wildman–Crippen MR) is 52.4 cm³/mol. The molecule has 0 aromatic heterocycles. The van der Waals surface area contributed by atoms with Crippen molar-refractivity contribution in [3.05, 3.63) is 0 Å². The Hall–Kier alpha value is -1.26. The van der Waals surface area contributed by atoms with Crippen LogP contribution in [-0.4, -0.2) is 29.7 Å². The maximum Gasteiger partial charge on any atom is 0.428 e. The summed E-state index contributed by atoms with van der Waals surface area (Å²) in [6, 6.07) is 0. The summed E-state index contributed by atoms with van der Waals surface area (Å²) in [5.74, 6) is -0.224. The highest BCUT2D eigenvalue weighted by Gasteiger charge is 2.20. The number of carbonyl (C=O) groups excluding carboxylic acids is 2. The second kappa shape index (κ2) is 4.83. The molecule has 0 aromatic carbocycles. The van der Waals surface area contributed by atoms with Gasteiger partial charge in [0.25, 0.3) is 0 Å². The molecule has 5 nitrogen and oxygen atoms in total. The minimum absolute atomic E-state index is 0.224. The van der Waals surface area contributed by atoms with Crippen molar-refractivity contribution in [2.75, 3.05) is 7.05 Å². The van der Waals surface area contributed by atoms with Crippen LogP contribution in [0.25, 0.3) is 0 Å². The summed E-state index contributed by atoms with van der Waals surface area (Å²) in [7, 11) is 1.45. The van der Waals surface area contributed by atoms with Crippen LogP contribution in [0, 0.1) is 0 Å². The van der Waals surface area contributed by atoms with Gasteiger partial charge in [-0.1, -0.05) is 6.92 Å². The third-order valence-corrected chi connectivity index (χ3v) is 1.28. The van der Waals surface area contributed by atoms with Gasteiger partial charge in [0, 0.05) is 13.5 Å². The molecule has 1 N–H and O–H groups in total. The topological polar surface area (TPSA) is 58.6 Å². The smallest absolute Gasteiger partial charge is 0.428 e. The Kier molecular flexibility index (Phi) is 4.40. The average molecular weight is 202 g/mol. The van der Waals surface area contributed by atoms with Crippen LogP contribution in [0.2, 0.25) is 0 Å². The van der Waals surface area contributed by atoms with E-state index >= 15 is 0 Å². The van der Waals surface area contributed by atoms with E-state index in [-0.39, 0.29) is 5.91 Å². The fraction of sp³-hybridized carbons (Fsp3) is 0.778. The Labute approximate surface area is 84.4 Å². The van der Waals surface area contributed by atoms with Crippen molar-refractivity contribution in [3.63, 3.8) is 0 Å². The molecule has 0 spiro atoms. The quantitative estimate of drug-likeness (QED) is 0.652. The van der Waals surface area contributed by atoms with Crippen LogP contribution in [0.15, 0.2) is 0 Å². The lowest BCUT2D eigenvalue weighted by Gasteiger charge is -2.24. The molecule has 2 amide bonds. The van der Waals surface area contributed by atoms with E-state index in [2.05, 4.69) is 5.43 Å². The maximum absolute atomic E-state index is 11.3. The zero-order valence-electron chi connectivity index (χ0n) is 9.38. The molecule has 0 aliphatic carbocycles. The lowest BCUT2D eigenvalue weighted by molar-refractivity contribution is -0.125. The lowest BCUT2D eigenvalue weighted by atomic mass is 10.2. The molecule has 0 fully saturated rings. The predicted octanol–water partition coefficient (Wildman–Crippen LogP) is 1.29. The van der Waals surface area contributed by atoms with E-state index in [1.54, 1.807) is 27.7 Å². The molecule has 0 aliphatic rings. The maximum atomic E-state index is 11.3. The number of ether oxygens (including phenoxy) is 1. The van der Waals surface area contributed by atoms with Crippen molar-refractivity contribution in [1.82, 2.24) is 10.4 Å². The molecule has 0 rings (SSSR count). The van der Waals surface area contributed by atoms with Gasteiger partial charge in [-0.3, -0.25) is 10.2 Å². The highest BCUT2D eigenvalue weighted by atomic mass is 16.6. The number of rotatable bonds is 1. The second-order valence-electron chi connectivity index (χ2n) is 3.93. The Morgan fingerprint density at radius 2 is 1.86 bits per heavy atom. The van der Waals surface area contributed by atoms with E-state index in [9.17, 15) is 9.59 Å². The van der Waals surface area contributed by atoms with Gasteiger partial charge in [-0.25, -0.2) is 9.80 Å². The van der Waals surface area contributed by atoms with Gasteiger partial charge in [0.15, 0.2) is 0 Å². The summed E-state index contributed by atoms with van der Waals surface area (Å²) in [5.41, 5.74) is 1.82. The number of nitrogens with zero attached hydrogens (tertiary/aromatic N) is 1. The first-order valence-corrected chi connectivity index (χ1v) is 4.52. The van der Waals surface area contributed by atoms with E-state index < -0.39 is 11.7 Å². The van der Waals surface area contributed by atoms with Crippen molar-refractivity contribution >= 4 is 12.0 Å². The fourth-order valence-electron chi connectivity index (χ4n) is 0.642. The molecule has 0 aliphatic heterocycles. The van der Waals surface area contributed by atoms with Gasteiger partial charge in [-0.2, -0.15) is 0 Å². The van der Waals surface area contributed by atoms with E-state index in [0.717, 1.165) is 5.01 Å². The Balaban J connectivity index is 4.07. The standard InChI is InChI=1S/C9H18N2O3/c1-6-7(12)10-11(5)8(13)14-9(2,3)4/h6H2,1-5H3,(H,10,12). The number of amides is 2. The molecule has 0 saturated carbocycles. The minimum atomic E-state index is -0.570. The minimum Gasteiger partial charge on any atom is -0.442 e. The largest absolute Gasteiger partial charge is 0.442 e. The molecule has 0 bridgehead atoms. The van der Waals surface area contributed by atoms with Gasteiger partial charge in [0.1, 0.15) is 5.60 Å². The first-order valence-electron chi connectivity index (χ1n) is 4.52. The molecular weight excluding hydrogens is 184 g/mol. The van der Waals surface area contributed by atoms with E-state index in [0.29, 0.717) is 6.42 Å². The van der Waals surface area contributed by atoms with Crippen molar-refractivity contribution in [2.45, 2.75) is 39.7 Å².